The first kappa shape index (κ1) is 12.5. The van der Waals surface area contributed by atoms with E-state index in [4.69, 9.17) is 0 Å². The Labute approximate surface area is 95.9 Å². The number of nitrogens with one attached hydrogen (secondary N) is 1. The van der Waals surface area contributed by atoms with Crippen LogP contribution in [0.4, 0.5) is 0 Å². The first-order valence-electron chi connectivity index (χ1n) is 5.46. The maximum atomic E-state index is 4.22. The van der Waals surface area contributed by atoms with Crippen molar-refractivity contribution >= 4 is 11.8 Å². The van der Waals surface area contributed by atoms with Gasteiger partial charge in [0, 0.05) is 20.0 Å². The second-order valence-electron chi connectivity index (χ2n) is 3.38. The van der Waals surface area contributed by atoms with Crippen LogP contribution >= 0.6 is 11.8 Å². The topological polar surface area (TPSA) is 42.7 Å². The molecule has 0 saturated carbocycles. The molecular weight excluding hydrogens is 208 g/mol. The van der Waals surface area contributed by atoms with E-state index in [0.29, 0.717) is 0 Å². The number of hydrogen-bond acceptors (Lipinski definition) is 4. The molecule has 0 atom stereocenters. The monoisotopic (exact) mass is 228 g/mol. The lowest BCUT2D eigenvalue weighted by atomic mass is 10.4. The summed E-state index contributed by atoms with van der Waals surface area (Å²) in [6, 6.07) is 0. The van der Waals surface area contributed by atoms with Crippen molar-refractivity contribution in [3.63, 3.8) is 0 Å². The molecule has 5 heteroatoms. The average Bonchev–Trinajstić information content (AvgIpc) is 2.63. The van der Waals surface area contributed by atoms with Gasteiger partial charge in [-0.1, -0.05) is 6.92 Å². The van der Waals surface area contributed by atoms with E-state index >= 15 is 0 Å². The normalized spacial score (nSPS) is 10.8. The molecule has 86 valence electrons. The third kappa shape index (κ3) is 5.79. The summed E-state index contributed by atoms with van der Waals surface area (Å²) in [4.78, 5) is 4.17. The summed E-state index contributed by atoms with van der Waals surface area (Å²) in [5.74, 6) is 3.40. The standard InChI is InChI=1S/C10H20N4S/c1-3-15-8-4-6-11-7-5-10-12-9-14(2)13-10/h9,11H,3-8H2,1-2H3. The van der Waals surface area contributed by atoms with Gasteiger partial charge in [0.25, 0.3) is 0 Å². The maximum absolute atomic E-state index is 4.22. The van der Waals surface area contributed by atoms with E-state index in [1.54, 1.807) is 11.0 Å². The van der Waals surface area contributed by atoms with E-state index in [-0.39, 0.29) is 0 Å². The van der Waals surface area contributed by atoms with Crippen LogP contribution in [0.15, 0.2) is 6.33 Å². The first-order valence-corrected chi connectivity index (χ1v) is 6.61. The Morgan fingerprint density at radius 1 is 1.47 bits per heavy atom. The largest absolute Gasteiger partial charge is 0.316 e. The van der Waals surface area contributed by atoms with Gasteiger partial charge in [-0.3, -0.25) is 4.68 Å². The molecule has 0 bridgehead atoms. The molecule has 4 nitrogen and oxygen atoms in total. The molecule has 1 aromatic heterocycles. The Balaban J connectivity index is 1.93. The van der Waals surface area contributed by atoms with E-state index in [2.05, 4.69) is 22.3 Å². The molecule has 0 aromatic carbocycles. The van der Waals surface area contributed by atoms with Crippen molar-refractivity contribution in [1.82, 2.24) is 20.1 Å². The predicted molar refractivity (Wildman–Crippen MR) is 65.2 cm³/mol. The molecular formula is C10H20N4S. The third-order valence-corrected chi connectivity index (χ3v) is 3.00. The van der Waals surface area contributed by atoms with Gasteiger partial charge in [-0.2, -0.15) is 16.9 Å². The fraction of sp³-hybridized carbons (Fsp3) is 0.800. The summed E-state index contributed by atoms with van der Waals surface area (Å²) < 4.78 is 1.74. The van der Waals surface area contributed by atoms with Crippen molar-refractivity contribution in [1.29, 1.82) is 0 Å². The number of thioether (sulfide) groups is 1. The minimum atomic E-state index is 0.918. The van der Waals surface area contributed by atoms with Gasteiger partial charge in [0.1, 0.15) is 6.33 Å². The summed E-state index contributed by atoms with van der Waals surface area (Å²) in [6.45, 7) is 4.27. The van der Waals surface area contributed by atoms with Gasteiger partial charge < -0.3 is 5.32 Å². The van der Waals surface area contributed by atoms with Crippen LogP contribution in [0.3, 0.4) is 0 Å². The van der Waals surface area contributed by atoms with E-state index in [9.17, 15) is 0 Å². The Kier molecular flexibility index (Phi) is 6.43. The number of hydrogen-bond donors (Lipinski definition) is 1. The summed E-state index contributed by atoms with van der Waals surface area (Å²) in [6.07, 6.45) is 3.91. The van der Waals surface area contributed by atoms with Gasteiger partial charge in [-0.15, -0.1) is 0 Å². The quantitative estimate of drug-likeness (QED) is 0.676. The van der Waals surface area contributed by atoms with Crippen LogP contribution < -0.4 is 5.32 Å². The fourth-order valence-corrected chi connectivity index (χ4v) is 1.90. The van der Waals surface area contributed by atoms with Crippen LogP contribution in [0, 0.1) is 0 Å². The smallest absolute Gasteiger partial charge is 0.151 e. The molecule has 0 radical (unpaired) electrons. The molecule has 15 heavy (non-hydrogen) atoms. The van der Waals surface area contributed by atoms with Crippen LogP contribution in [0.2, 0.25) is 0 Å². The fourth-order valence-electron chi connectivity index (χ4n) is 1.27. The molecule has 0 spiro atoms. The lowest BCUT2D eigenvalue weighted by Gasteiger charge is -2.02. The molecule has 0 aliphatic heterocycles. The van der Waals surface area contributed by atoms with Crippen molar-refractivity contribution < 1.29 is 0 Å². The molecule has 1 N–H and O–H groups in total. The lowest BCUT2D eigenvalue weighted by molar-refractivity contribution is 0.653. The summed E-state index contributed by atoms with van der Waals surface area (Å²) >= 11 is 2.00. The minimum Gasteiger partial charge on any atom is -0.316 e. The summed E-state index contributed by atoms with van der Waals surface area (Å²) in [5, 5.41) is 7.62. The Morgan fingerprint density at radius 3 is 3.00 bits per heavy atom. The van der Waals surface area contributed by atoms with Gasteiger partial charge in [0.15, 0.2) is 5.82 Å². The second kappa shape index (κ2) is 7.70. The number of aromatic nitrogens is 3. The third-order valence-electron chi connectivity index (χ3n) is 2.02. The molecule has 0 aliphatic carbocycles. The summed E-state index contributed by atoms with van der Waals surface area (Å²) in [7, 11) is 1.89. The molecule has 1 heterocycles. The Hall–Kier alpha value is -0.550. The van der Waals surface area contributed by atoms with Crippen molar-refractivity contribution in [2.75, 3.05) is 24.6 Å². The van der Waals surface area contributed by atoms with Crippen LogP contribution in [-0.2, 0) is 13.5 Å². The SMILES string of the molecule is CCSCCCNCCc1ncn(C)n1. The van der Waals surface area contributed by atoms with Crippen LogP contribution in [0.1, 0.15) is 19.2 Å². The zero-order valence-corrected chi connectivity index (χ0v) is 10.4. The maximum Gasteiger partial charge on any atom is 0.151 e. The first-order chi connectivity index (χ1) is 7.33. The Morgan fingerprint density at radius 2 is 2.33 bits per heavy atom. The van der Waals surface area contributed by atoms with E-state index < -0.39 is 0 Å². The van der Waals surface area contributed by atoms with Crippen molar-refractivity contribution in [2.24, 2.45) is 7.05 Å². The molecule has 0 unspecified atom stereocenters. The number of aryl methyl sites for hydroxylation is 1. The zero-order valence-electron chi connectivity index (χ0n) is 9.57. The van der Waals surface area contributed by atoms with Gasteiger partial charge in [-0.25, -0.2) is 4.98 Å². The molecule has 0 saturated heterocycles. The van der Waals surface area contributed by atoms with Crippen molar-refractivity contribution in [3.8, 4) is 0 Å². The molecule has 1 rings (SSSR count). The predicted octanol–water partition coefficient (Wildman–Crippen LogP) is 1.09. The molecule has 0 amide bonds. The summed E-state index contributed by atoms with van der Waals surface area (Å²) in [5.41, 5.74) is 0. The van der Waals surface area contributed by atoms with E-state index in [1.165, 1.54) is 17.9 Å². The minimum absolute atomic E-state index is 0.918. The van der Waals surface area contributed by atoms with Crippen LogP contribution in [-0.4, -0.2) is 39.4 Å². The average molecular weight is 228 g/mol. The molecule has 0 aliphatic rings. The zero-order chi connectivity index (χ0) is 10.9. The number of rotatable bonds is 8. The van der Waals surface area contributed by atoms with Crippen molar-refractivity contribution in [3.05, 3.63) is 12.2 Å². The highest BCUT2D eigenvalue weighted by Crippen LogP contribution is 1.99. The van der Waals surface area contributed by atoms with Gasteiger partial charge in [-0.05, 0) is 24.5 Å². The molecule has 1 aromatic rings. The highest BCUT2D eigenvalue weighted by Gasteiger charge is 1.97. The van der Waals surface area contributed by atoms with Crippen LogP contribution in [0.25, 0.3) is 0 Å². The van der Waals surface area contributed by atoms with Gasteiger partial charge in [0.2, 0.25) is 0 Å². The Bertz CT molecular complexity index is 262. The van der Waals surface area contributed by atoms with E-state index in [0.717, 1.165) is 25.3 Å². The second-order valence-corrected chi connectivity index (χ2v) is 4.78. The molecule has 0 fully saturated rings. The lowest BCUT2D eigenvalue weighted by Crippen LogP contribution is -2.19. The highest BCUT2D eigenvalue weighted by atomic mass is 32.2. The highest BCUT2D eigenvalue weighted by molar-refractivity contribution is 7.99. The van der Waals surface area contributed by atoms with Crippen LogP contribution in [0.5, 0.6) is 0 Å². The van der Waals surface area contributed by atoms with E-state index in [1.807, 2.05) is 18.8 Å². The van der Waals surface area contributed by atoms with Gasteiger partial charge >= 0.3 is 0 Å². The number of nitrogens with zero attached hydrogens (tertiary/aromatic N) is 3. The van der Waals surface area contributed by atoms with Gasteiger partial charge in [0.05, 0.1) is 0 Å². The van der Waals surface area contributed by atoms with Crippen molar-refractivity contribution in [2.45, 2.75) is 19.8 Å².